The molecule has 0 aliphatic heterocycles. The molecule has 0 unspecified atom stereocenters. The van der Waals surface area contributed by atoms with Crippen molar-refractivity contribution < 1.29 is 4.79 Å². The minimum Gasteiger partial charge on any atom is -0.337 e. The molecule has 19 heavy (non-hydrogen) atoms. The van der Waals surface area contributed by atoms with Gasteiger partial charge < -0.3 is 5.32 Å². The smallest absolute Gasteiger partial charge is 0.320 e. The minimum atomic E-state index is -0.270. The molecule has 5 heteroatoms. The molecule has 0 aliphatic rings. The van der Waals surface area contributed by atoms with E-state index in [4.69, 9.17) is 0 Å². The summed E-state index contributed by atoms with van der Waals surface area (Å²) >= 11 is 0. The molecular formula is C14H16N4O. The van der Waals surface area contributed by atoms with Crippen LogP contribution in [0.5, 0.6) is 0 Å². The van der Waals surface area contributed by atoms with Crippen LogP contribution >= 0.6 is 0 Å². The van der Waals surface area contributed by atoms with E-state index in [-0.39, 0.29) is 6.03 Å². The van der Waals surface area contributed by atoms with Crippen LogP contribution < -0.4 is 10.6 Å². The first-order valence-electron chi connectivity index (χ1n) is 6.10. The first-order chi connectivity index (χ1) is 9.24. The lowest BCUT2D eigenvalue weighted by molar-refractivity contribution is 0.252. The van der Waals surface area contributed by atoms with E-state index < -0.39 is 0 Å². The highest BCUT2D eigenvalue weighted by atomic mass is 16.2. The van der Waals surface area contributed by atoms with Crippen LogP contribution in [0.1, 0.15) is 11.1 Å². The molecule has 0 saturated heterocycles. The molecule has 0 radical (unpaired) electrons. The monoisotopic (exact) mass is 256 g/mol. The van der Waals surface area contributed by atoms with Crippen molar-refractivity contribution in [2.75, 3.05) is 11.9 Å². The van der Waals surface area contributed by atoms with Gasteiger partial charge in [-0.15, -0.1) is 0 Å². The molecule has 2 amide bonds. The zero-order valence-electron chi connectivity index (χ0n) is 10.8. The number of aromatic nitrogens is 2. The number of amides is 2. The third-order valence-electron chi connectivity index (χ3n) is 2.59. The first kappa shape index (κ1) is 13.0. The number of urea groups is 1. The molecular weight excluding hydrogens is 240 g/mol. The Kier molecular flexibility index (Phi) is 4.44. The Bertz CT molecular complexity index is 542. The molecule has 0 saturated carbocycles. The van der Waals surface area contributed by atoms with E-state index in [1.807, 2.05) is 6.07 Å². The Hall–Kier alpha value is -2.43. The van der Waals surface area contributed by atoms with Crippen LogP contribution in [0.4, 0.5) is 10.6 Å². The fourth-order valence-corrected chi connectivity index (χ4v) is 1.71. The van der Waals surface area contributed by atoms with Gasteiger partial charge in [0.15, 0.2) is 5.82 Å². The van der Waals surface area contributed by atoms with E-state index in [2.05, 4.69) is 45.7 Å². The van der Waals surface area contributed by atoms with Gasteiger partial charge in [-0.2, -0.15) is 0 Å². The SMILES string of the molecule is Cc1cccc(CCNC(=O)Nc2cnccn2)c1. The van der Waals surface area contributed by atoms with Gasteiger partial charge >= 0.3 is 6.03 Å². The Labute approximate surface area is 112 Å². The van der Waals surface area contributed by atoms with E-state index in [9.17, 15) is 4.79 Å². The Morgan fingerprint density at radius 3 is 2.95 bits per heavy atom. The summed E-state index contributed by atoms with van der Waals surface area (Å²) in [7, 11) is 0. The molecule has 5 nitrogen and oxygen atoms in total. The fourth-order valence-electron chi connectivity index (χ4n) is 1.71. The number of carbonyl (C=O) groups excluding carboxylic acids is 1. The first-order valence-corrected chi connectivity index (χ1v) is 6.10. The van der Waals surface area contributed by atoms with Crippen LogP contribution in [0, 0.1) is 6.92 Å². The predicted octanol–water partition coefficient (Wildman–Crippen LogP) is 2.15. The molecule has 0 aliphatic carbocycles. The Morgan fingerprint density at radius 1 is 1.32 bits per heavy atom. The lowest BCUT2D eigenvalue weighted by Gasteiger charge is -2.07. The van der Waals surface area contributed by atoms with Crippen molar-refractivity contribution in [3.05, 3.63) is 54.0 Å². The van der Waals surface area contributed by atoms with Crippen molar-refractivity contribution in [1.29, 1.82) is 0 Å². The molecule has 0 bridgehead atoms. The van der Waals surface area contributed by atoms with Gasteiger partial charge in [0, 0.05) is 18.9 Å². The second-order valence-electron chi connectivity index (χ2n) is 4.21. The molecule has 98 valence electrons. The van der Waals surface area contributed by atoms with Crippen LogP contribution in [-0.4, -0.2) is 22.5 Å². The molecule has 1 aromatic carbocycles. The summed E-state index contributed by atoms with van der Waals surface area (Å²) < 4.78 is 0. The van der Waals surface area contributed by atoms with E-state index >= 15 is 0 Å². The van der Waals surface area contributed by atoms with Crippen LogP contribution in [0.3, 0.4) is 0 Å². The zero-order chi connectivity index (χ0) is 13.5. The van der Waals surface area contributed by atoms with Crippen molar-refractivity contribution >= 4 is 11.8 Å². The summed E-state index contributed by atoms with van der Waals surface area (Å²) in [5.41, 5.74) is 2.43. The van der Waals surface area contributed by atoms with E-state index in [0.29, 0.717) is 12.4 Å². The highest BCUT2D eigenvalue weighted by Gasteiger charge is 2.01. The maximum atomic E-state index is 11.6. The molecule has 0 atom stereocenters. The number of benzene rings is 1. The minimum absolute atomic E-state index is 0.270. The van der Waals surface area contributed by atoms with Crippen molar-refractivity contribution in [2.24, 2.45) is 0 Å². The van der Waals surface area contributed by atoms with Crippen LogP contribution in [-0.2, 0) is 6.42 Å². The summed E-state index contributed by atoms with van der Waals surface area (Å²) in [5, 5.41) is 5.40. The highest BCUT2D eigenvalue weighted by Crippen LogP contribution is 2.04. The normalized spacial score (nSPS) is 9.95. The standard InChI is InChI=1S/C14H16N4O/c1-11-3-2-4-12(9-11)5-6-17-14(19)18-13-10-15-7-8-16-13/h2-4,7-10H,5-6H2,1H3,(H2,16,17,18,19). The average molecular weight is 256 g/mol. The van der Waals surface area contributed by atoms with Crippen LogP contribution in [0.25, 0.3) is 0 Å². The largest absolute Gasteiger partial charge is 0.337 e. The molecule has 1 heterocycles. The van der Waals surface area contributed by atoms with Gasteiger partial charge in [-0.1, -0.05) is 29.8 Å². The third-order valence-corrected chi connectivity index (χ3v) is 2.59. The molecule has 0 fully saturated rings. The van der Waals surface area contributed by atoms with E-state index in [1.165, 1.54) is 23.5 Å². The lowest BCUT2D eigenvalue weighted by Crippen LogP contribution is -2.30. The highest BCUT2D eigenvalue weighted by molar-refractivity contribution is 5.87. The summed E-state index contributed by atoms with van der Waals surface area (Å²) in [5.74, 6) is 0.440. The number of nitrogens with zero attached hydrogens (tertiary/aromatic N) is 2. The topological polar surface area (TPSA) is 66.9 Å². The second-order valence-corrected chi connectivity index (χ2v) is 4.21. The third kappa shape index (κ3) is 4.39. The van der Waals surface area contributed by atoms with E-state index in [0.717, 1.165) is 6.42 Å². The summed E-state index contributed by atoms with van der Waals surface area (Å²) in [6.07, 6.45) is 5.39. The number of hydrogen-bond acceptors (Lipinski definition) is 3. The molecule has 2 N–H and O–H groups in total. The number of hydrogen-bond donors (Lipinski definition) is 2. The molecule has 2 aromatic rings. The molecule has 2 rings (SSSR count). The quantitative estimate of drug-likeness (QED) is 0.880. The number of rotatable bonds is 4. The fraction of sp³-hybridized carbons (Fsp3) is 0.214. The number of anilines is 1. The van der Waals surface area contributed by atoms with Gasteiger partial charge in [0.2, 0.25) is 0 Å². The zero-order valence-corrected chi connectivity index (χ0v) is 10.8. The van der Waals surface area contributed by atoms with Crippen molar-refractivity contribution in [1.82, 2.24) is 15.3 Å². The lowest BCUT2D eigenvalue weighted by atomic mass is 10.1. The van der Waals surface area contributed by atoms with E-state index in [1.54, 1.807) is 6.20 Å². The average Bonchev–Trinajstić information content (AvgIpc) is 2.40. The van der Waals surface area contributed by atoms with Gasteiger partial charge in [-0.05, 0) is 18.9 Å². The van der Waals surface area contributed by atoms with Gasteiger partial charge in [0.25, 0.3) is 0 Å². The Balaban J connectivity index is 1.75. The summed E-state index contributed by atoms with van der Waals surface area (Å²) in [6, 6.07) is 7.97. The van der Waals surface area contributed by atoms with Crippen LogP contribution in [0.2, 0.25) is 0 Å². The Morgan fingerprint density at radius 2 is 2.21 bits per heavy atom. The van der Waals surface area contributed by atoms with Crippen molar-refractivity contribution in [2.45, 2.75) is 13.3 Å². The number of aryl methyl sites for hydroxylation is 1. The number of carbonyl (C=O) groups is 1. The number of nitrogens with one attached hydrogen (secondary N) is 2. The molecule has 1 aromatic heterocycles. The maximum Gasteiger partial charge on any atom is 0.320 e. The van der Waals surface area contributed by atoms with Crippen molar-refractivity contribution in [3.63, 3.8) is 0 Å². The summed E-state index contributed by atoms with van der Waals surface area (Å²) in [6.45, 7) is 2.63. The molecule has 0 spiro atoms. The summed E-state index contributed by atoms with van der Waals surface area (Å²) in [4.78, 5) is 19.4. The maximum absolute atomic E-state index is 11.6. The van der Waals surface area contributed by atoms with Gasteiger partial charge in [-0.25, -0.2) is 9.78 Å². The second kappa shape index (κ2) is 6.49. The van der Waals surface area contributed by atoms with Gasteiger partial charge in [-0.3, -0.25) is 10.3 Å². The van der Waals surface area contributed by atoms with Crippen LogP contribution in [0.15, 0.2) is 42.9 Å². The predicted molar refractivity (Wildman–Crippen MR) is 73.9 cm³/mol. The van der Waals surface area contributed by atoms with Crippen molar-refractivity contribution in [3.8, 4) is 0 Å². The van der Waals surface area contributed by atoms with Gasteiger partial charge in [0.1, 0.15) is 0 Å². The van der Waals surface area contributed by atoms with Gasteiger partial charge in [0.05, 0.1) is 6.20 Å².